The van der Waals surface area contributed by atoms with Crippen molar-refractivity contribution in [2.75, 3.05) is 26.2 Å². The van der Waals surface area contributed by atoms with Crippen molar-refractivity contribution < 1.29 is 14.4 Å². The van der Waals surface area contributed by atoms with Crippen molar-refractivity contribution in [1.82, 2.24) is 20.4 Å². The molecule has 2 heterocycles. The first-order valence-electron chi connectivity index (χ1n) is 8.71. The Hall–Kier alpha value is -2.41. The number of carbonyl (C=O) groups is 3. The number of rotatable bonds is 5. The Balaban J connectivity index is 1.66. The van der Waals surface area contributed by atoms with Crippen molar-refractivity contribution in [3.05, 3.63) is 35.4 Å². The first-order valence-corrected chi connectivity index (χ1v) is 8.71. The minimum atomic E-state index is -0.963. The number of hydrogen-bond acceptors (Lipinski definition) is 4. The Morgan fingerprint density at radius 1 is 1.20 bits per heavy atom. The number of benzene rings is 1. The largest absolute Gasteiger partial charge is 0.336 e. The molecule has 0 saturated carbocycles. The van der Waals surface area contributed by atoms with Crippen molar-refractivity contribution in [3.8, 4) is 0 Å². The lowest BCUT2D eigenvalue weighted by molar-refractivity contribution is -0.123. The van der Waals surface area contributed by atoms with Crippen molar-refractivity contribution in [2.24, 2.45) is 0 Å². The zero-order valence-corrected chi connectivity index (χ0v) is 14.7. The number of urea groups is 1. The predicted molar refractivity (Wildman–Crippen MR) is 93.0 cm³/mol. The van der Waals surface area contributed by atoms with Crippen LogP contribution in [0.1, 0.15) is 36.2 Å². The molecule has 2 aliphatic heterocycles. The van der Waals surface area contributed by atoms with Gasteiger partial charge in [0.2, 0.25) is 0 Å². The number of nitrogens with one attached hydrogen (secondary N) is 2. The fourth-order valence-corrected chi connectivity index (χ4v) is 3.44. The highest BCUT2D eigenvalue weighted by Gasteiger charge is 2.51. The highest BCUT2D eigenvalue weighted by atomic mass is 16.2. The van der Waals surface area contributed by atoms with E-state index in [-0.39, 0.29) is 18.4 Å². The van der Waals surface area contributed by atoms with Crippen molar-refractivity contribution in [3.63, 3.8) is 0 Å². The number of amides is 4. The van der Waals surface area contributed by atoms with Gasteiger partial charge in [-0.25, -0.2) is 4.79 Å². The lowest BCUT2D eigenvalue weighted by Gasteiger charge is -2.21. The molecule has 1 aromatic rings. The van der Waals surface area contributed by atoms with Crippen LogP contribution in [0.5, 0.6) is 0 Å². The molecule has 7 heteroatoms. The van der Waals surface area contributed by atoms with E-state index in [9.17, 15) is 14.4 Å². The molecule has 0 bridgehead atoms. The fraction of sp³-hybridized carbons (Fsp3) is 0.500. The van der Waals surface area contributed by atoms with Crippen LogP contribution in [0, 0.1) is 0 Å². The molecule has 1 atom stereocenters. The summed E-state index contributed by atoms with van der Waals surface area (Å²) in [6.07, 6.45) is 0.441. The molecule has 0 radical (unpaired) electrons. The Labute approximate surface area is 147 Å². The van der Waals surface area contributed by atoms with Gasteiger partial charge >= 0.3 is 6.03 Å². The SMILES string of the molecule is CCN(CC)Cc1ccc(C(=O)N2CCC3(C2)NC(=O)NC3=O)cc1. The van der Waals surface area contributed by atoms with E-state index in [1.54, 1.807) is 4.90 Å². The molecule has 2 saturated heterocycles. The molecule has 2 aliphatic rings. The Bertz CT molecular complexity index is 684. The van der Waals surface area contributed by atoms with Gasteiger partial charge in [-0.15, -0.1) is 0 Å². The molecule has 2 fully saturated rings. The third kappa shape index (κ3) is 3.37. The average Bonchev–Trinajstić information content (AvgIpc) is 3.16. The lowest BCUT2D eigenvalue weighted by Crippen LogP contribution is -2.49. The van der Waals surface area contributed by atoms with Gasteiger partial charge < -0.3 is 10.2 Å². The quantitative estimate of drug-likeness (QED) is 0.780. The van der Waals surface area contributed by atoms with Crippen molar-refractivity contribution >= 4 is 17.8 Å². The van der Waals surface area contributed by atoms with Crippen LogP contribution in [-0.2, 0) is 11.3 Å². The smallest absolute Gasteiger partial charge is 0.322 e. The molecule has 7 nitrogen and oxygen atoms in total. The van der Waals surface area contributed by atoms with Crippen LogP contribution in [0.15, 0.2) is 24.3 Å². The molecule has 3 rings (SSSR count). The van der Waals surface area contributed by atoms with Gasteiger partial charge in [-0.3, -0.25) is 19.8 Å². The van der Waals surface area contributed by atoms with Gasteiger partial charge in [-0.2, -0.15) is 0 Å². The molecular weight excluding hydrogens is 320 g/mol. The number of carbonyl (C=O) groups excluding carboxylic acids is 3. The van der Waals surface area contributed by atoms with E-state index < -0.39 is 11.6 Å². The summed E-state index contributed by atoms with van der Waals surface area (Å²) in [6, 6.07) is 7.13. The van der Waals surface area contributed by atoms with Gasteiger partial charge in [-0.1, -0.05) is 26.0 Å². The van der Waals surface area contributed by atoms with Crippen LogP contribution < -0.4 is 10.6 Å². The van der Waals surface area contributed by atoms with E-state index in [2.05, 4.69) is 29.4 Å². The first-order chi connectivity index (χ1) is 12.0. The van der Waals surface area contributed by atoms with Crippen molar-refractivity contribution in [2.45, 2.75) is 32.4 Å². The van der Waals surface area contributed by atoms with E-state index >= 15 is 0 Å². The third-order valence-corrected chi connectivity index (χ3v) is 5.07. The highest BCUT2D eigenvalue weighted by molar-refractivity contribution is 6.08. The minimum absolute atomic E-state index is 0.111. The second-order valence-electron chi connectivity index (χ2n) is 6.63. The molecule has 1 unspecified atom stereocenters. The summed E-state index contributed by atoms with van der Waals surface area (Å²) < 4.78 is 0. The predicted octanol–water partition coefficient (Wildman–Crippen LogP) is 0.953. The van der Waals surface area contributed by atoms with Gasteiger partial charge in [0.05, 0.1) is 6.54 Å². The standard InChI is InChI=1S/C18H24N4O3/c1-3-21(4-2)11-13-5-7-14(8-6-13)15(23)22-10-9-18(12-22)16(24)19-17(25)20-18/h5-8H,3-4,9-12H2,1-2H3,(H2,19,20,24,25). The summed E-state index contributed by atoms with van der Waals surface area (Å²) in [5.74, 6) is -0.456. The fourth-order valence-electron chi connectivity index (χ4n) is 3.44. The van der Waals surface area contributed by atoms with Crippen LogP contribution in [0.2, 0.25) is 0 Å². The highest BCUT2D eigenvalue weighted by Crippen LogP contribution is 2.26. The van der Waals surface area contributed by atoms with E-state index in [1.807, 2.05) is 24.3 Å². The first kappa shape index (κ1) is 17.4. The van der Waals surface area contributed by atoms with Gasteiger partial charge in [-0.05, 0) is 37.2 Å². The summed E-state index contributed by atoms with van der Waals surface area (Å²) >= 11 is 0. The normalized spacial score (nSPS) is 22.6. The van der Waals surface area contributed by atoms with Crippen LogP contribution in [0.3, 0.4) is 0 Å². The molecule has 2 N–H and O–H groups in total. The van der Waals surface area contributed by atoms with Crippen LogP contribution in [-0.4, -0.2) is 59.4 Å². The van der Waals surface area contributed by atoms with Gasteiger partial charge in [0, 0.05) is 18.7 Å². The number of hydrogen-bond donors (Lipinski definition) is 2. The summed E-state index contributed by atoms with van der Waals surface area (Å²) in [5, 5.41) is 4.91. The van der Waals surface area contributed by atoms with Crippen molar-refractivity contribution in [1.29, 1.82) is 0 Å². The number of imide groups is 1. The Kier molecular flexibility index (Phi) is 4.76. The zero-order chi connectivity index (χ0) is 18.0. The number of nitrogens with zero attached hydrogens (tertiary/aromatic N) is 2. The molecular formula is C18H24N4O3. The van der Waals surface area contributed by atoms with E-state index in [0.29, 0.717) is 18.5 Å². The van der Waals surface area contributed by atoms with Crippen LogP contribution in [0.25, 0.3) is 0 Å². The molecule has 0 aromatic heterocycles. The van der Waals surface area contributed by atoms with Gasteiger partial charge in [0.15, 0.2) is 0 Å². The maximum Gasteiger partial charge on any atom is 0.322 e. The molecule has 1 aromatic carbocycles. The molecule has 1 spiro atoms. The topological polar surface area (TPSA) is 81.8 Å². The Morgan fingerprint density at radius 3 is 2.44 bits per heavy atom. The summed E-state index contributed by atoms with van der Waals surface area (Å²) in [6.45, 7) is 7.76. The average molecular weight is 344 g/mol. The minimum Gasteiger partial charge on any atom is -0.336 e. The summed E-state index contributed by atoms with van der Waals surface area (Å²) in [5.41, 5.74) is 0.806. The third-order valence-electron chi connectivity index (χ3n) is 5.07. The maximum atomic E-state index is 12.7. The second-order valence-corrected chi connectivity index (χ2v) is 6.63. The second kappa shape index (κ2) is 6.84. The van der Waals surface area contributed by atoms with Gasteiger partial charge in [0.1, 0.15) is 5.54 Å². The maximum absolute atomic E-state index is 12.7. The van der Waals surface area contributed by atoms with Crippen LogP contribution in [0.4, 0.5) is 4.79 Å². The van der Waals surface area contributed by atoms with E-state index in [0.717, 1.165) is 19.6 Å². The monoisotopic (exact) mass is 344 g/mol. The Morgan fingerprint density at radius 2 is 1.88 bits per heavy atom. The lowest BCUT2D eigenvalue weighted by atomic mass is 9.99. The molecule has 25 heavy (non-hydrogen) atoms. The summed E-state index contributed by atoms with van der Waals surface area (Å²) in [7, 11) is 0. The molecule has 134 valence electrons. The zero-order valence-electron chi connectivity index (χ0n) is 14.7. The number of likely N-dealkylation sites (tertiary alicyclic amines) is 1. The van der Waals surface area contributed by atoms with E-state index in [1.165, 1.54) is 5.56 Å². The molecule has 4 amide bonds. The van der Waals surface area contributed by atoms with Crippen LogP contribution >= 0.6 is 0 Å². The van der Waals surface area contributed by atoms with E-state index in [4.69, 9.17) is 0 Å². The van der Waals surface area contributed by atoms with Gasteiger partial charge in [0.25, 0.3) is 11.8 Å². The summed E-state index contributed by atoms with van der Waals surface area (Å²) in [4.78, 5) is 40.0. The molecule has 0 aliphatic carbocycles.